The molecule has 0 aliphatic carbocycles. The molecule has 0 saturated carbocycles. The van der Waals surface area contributed by atoms with E-state index in [1.54, 1.807) is 18.2 Å². The first-order chi connectivity index (χ1) is 17.1. The Morgan fingerprint density at radius 2 is 1.62 bits per heavy atom. The highest BCUT2D eigenvalue weighted by Gasteiger charge is 2.18. The van der Waals surface area contributed by atoms with Crippen LogP contribution in [0, 0.1) is 0 Å². The zero-order valence-corrected chi connectivity index (χ0v) is 22.9. The molecule has 3 N–H and O–H groups in total. The highest BCUT2D eigenvalue weighted by Crippen LogP contribution is 2.29. The van der Waals surface area contributed by atoms with Crippen LogP contribution in [0.25, 0.3) is 11.1 Å². The standard InChI is InChI=1S/C28H34N2O5S.ClH/c1-20(2)35-27-18-24(15-16-25(27)28(32)30-36(3,33)34)22-13-11-21(12-14-22)8-7-17-29-19-26(31)23-9-5-4-6-10-23;/h4-6,9-16,18,20,26,29,31H,7-8,17,19H2,1-3H3,(H,30,32);1H/t26-;/m1./s1. The molecule has 3 aromatic carbocycles. The average Bonchev–Trinajstić information content (AvgIpc) is 2.83. The van der Waals surface area contributed by atoms with Gasteiger partial charge >= 0.3 is 0 Å². The van der Waals surface area contributed by atoms with Crippen molar-refractivity contribution in [3.63, 3.8) is 0 Å². The molecule has 0 unspecified atom stereocenters. The van der Waals surface area contributed by atoms with Crippen LogP contribution in [0.15, 0.2) is 72.8 Å². The maximum atomic E-state index is 12.4. The second-order valence-electron chi connectivity index (χ2n) is 9.01. The number of carbonyl (C=O) groups excluding carboxylic acids is 1. The first kappa shape index (κ1) is 30.3. The molecule has 9 heteroatoms. The summed E-state index contributed by atoms with van der Waals surface area (Å²) in [6.45, 7) is 5.01. The van der Waals surface area contributed by atoms with Crippen LogP contribution >= 0.6 is 12.4 Å². The monoisotopic (exact) mass is 546 g/mol. The molecule has 0 radical (unpaired) electrons. The van der Waals surface area contributed by atoms with E-state index in [4.69, 9.17) is 4.74 Å². The van der Waals surface area contributed by atoms with Crippen molar-refractivity contribution in [1.82, 2.24) is 10.0 Å². The van der Waals surface area contributed by atoms with Crippen molar-refractivity contribution in [2.75, 3.05) is 19.3 Å². The predicted octanol–water partition coefficient (Wildman–Crippen LogP) is 4.51. The van der Waals surface area contributed by atoms with Gasteiger partial charge in [0.15, 0.2) is 0 Å². The van der Waals surface area contributed by atoms with E-state index in [9.17, 15) is 18.3 Å². The molecule has 1 atom stereocenters. The van der Waals surface area contributed by atoms with Crippen molar-refractivity contribution in [3.8, 4) is 16.9 Å². The summed E-state index contributed by atoms with van der Waals surface area (Å²) in [5, 5.41) is 13.5. The number of hydrogen-bond acceptors (Lipinski definition) is 6. The van der Waals surface area contributed by atoms with E-state index in [1.165, 1.54) is 5.56 Å². The number of carbonyl (C=O) groups is 1. The molecule has 0 fully saturated rings. The van der Waals surface area contributed by atoms with Gasteiger partial charge in [0.2, 0.25) is 10.0 Å². The largest absolute Gasteiger partial charge is 0.490 e. The van der Waals surface area contributed by atoms with Gasteiger partial charge in [0.05, 0.1) is 24.0 Å². The van der Waals surface area contributed by atoms with Gasteiger partial charge in [0.25, 0.3) is 5.91 Å². The van der Waals surface area contributed by atoms with E-state index >= 15 is 0 Å². The van der Waals surface area contributed by atoms with Gasteiger partial charge < -0.3 is 15.2 Å². The molecule has 0 aromatic heterocycles. The zero-order valence-electron chi connectivity index (χ0n) is 21.3. The van der Waals surface area contributed by atoms with Gasteiger partial charge in [0.1, 0.15) is 5.75 Å². The molecule has 0 aliphatic rings. The lowest BCUT2D eigenvalue weighted by Crippen LogP contribution is -2.30. The van der Waals surface area contributed by atoms with Crippen LogP contribution in [0.4, 0.5) is 0 Å². The van der Waals surface area contributed by atoms with E-state index in [0.717, 1.165) is 42.3 Å². The second-order valence-corrected chi connectivity index (χ2v) is 10.8. The maximum Gasteiger partial charge on any atom is 0.268 e. The van der Waals surface area contributed by atoms with Crippen LogP contribution in [0.1, 0.15) is 47.9 Å². The zero-order chi connectivity index (χ0) is 26.1. The Morgan fingerprint density at radius 1 is 0.973 bits per heavy atom. The summed E-state index contributed by atoms with van der Waals surface area (Å²) in [6.07, 6.45) is 2.08. The lowest BCUT2D eigenvalue weighted by Gasteiger charge is -2.15. The number of benzene rings is 3. The Hall–Kier alpha value is -2.91. The van der Waals surface area contributed by atoms with E-state index in [-0.39, 0.29) is 24.1 Å². The highest BCUT2D eigenvalue weighted by atomic mass is 35.5. The molecule has 3 aromatic rings. The van der Waals surface area contributed by atoms with Crippen LogP contribution in [-0.4, -0.2) is 44.9 Å². The molecule has 0 heterocycles. The minimum atomic E-state index is -3.68. The van der Waals surface area contributed by atoms with E-state index in [0.29, 0.717) is 12.3 Å². The maximum absolute atomic E-state index is 12.4. The highest BCUT2D eigenvalue weighted by molar-refractivity contribution is 7.89. The molecule has 200 valence electrons. The van der Waals surface area contributed by atoms with Gasteiger partial charge in [-0.3, -0.25) is 4.79 Å². The molecular weight excluding hydrogens is 512 g/mol. The third-order valence-corrected chi connectivity index (χ3v) is 6.05. The van der Waals surface area contributed by atoms with Crippen molar-refractivity contribution < 1.29 is 23.1 Å². The summed E-state index contributed by atoms with van der Waals surface area (Å²) in [5.41, 5.74) is 4.11. The van der Waals surface area contributed by atoms with Crippen molar-refractivity contribution in [1.29, 1.82) is 0 Å². The molecule has 0 spiro atoms. The third-order valence-electron chi connectivity index (χ3n) is 5.50. The Morgan fingerprint density at radius 3 is 2.24 bits per heavy atom. The molecule has 7 nitrogen and oxygen atoms in total. The summed E-state index contributed by atoms with van der Waals surface area (Å²) >= 11 is 0. The van der Waals surface area contributed by atoms with Gasteiger partial charge in [-0.1, -0.05) is 60.7 Å². The first-order valence-electron chi connectivity index (χ1n) is 12.0. The van der Waals surface area contributed by atoms with Crippen LogP contribution in [-0.2, 0) is 16.4 Å². The lowest BCUT2D eigenvalue weighted by molar-refractivity contribution is 0.0976. The molecular formula is C28H35ClN2O5S. The second kappa shape index (κ2) is 14.1. The first-order valence-corrected chi connectivity index (χ1v) is 13.9. The average molecular weight is 547 g/mol. The molecule has 0 bridgehead atoms. The smallest absolute Gasteiger partial charge is 0.268 e. The number of halogens is 1. The topological polar surface area (TPSA) is 105 Å². The third kappa shape index (κ3) is 9.81. The minimum Gasteiger partial charge on any atom is -0.490 e. The van der Waals surface area contributed by atoms with E-state index in [1.807, 2.05) is 61.0 Å². The Bertz CT molecular complexity index is 1250. The summed E-state index contributed by atoms with van der Waals surface area (Å²) in [7, 11) is -3.68. The minimum absolute atomic E-state index is 0. The van der Waals surface area contributed by atoms with Crippen LogP contribution in [0.3, 0.4) is 0 Å². The molecule has 0 saturated heterocycles. The molecule has 0 aliphatic heterocycles. The summed E-state index contributed by atoms with van der Waals surface area (Å²) in [6, 6.07) is 22.9. The van der Waals surface area contributed by atoms with Crippen molar-refractivity contribution in [2.45, 2.75) is 38.9 Å². The number of aliphatic hydroxyl groups excluding tert-OH is 1. The van der Waals surface area contributed by atoms with Gasteiger partial charge in [0, 0.05) is 6.54 Å². The van der Waals surface area contributed by atoms with Gasteiger partial charge in [-0.05, 0) is 67.6 Å². The molecule has 1 amide bonds. The quantitative estimate of drug-likeness (QED) is 0.289. The number of nitrogens with one attached hydrogen (secondary N) is 2. The Balaban J connectivity index is 0.00000481. The number of amides is 1. The number of aliphatic hydroxyl groups is 1. The Kier molecular flexibility index (Phi) is 11.6. The predicted molar refractivity (Wildman–Crippen MR) is 150 cm³/mol. The number of sulfonamides is 1. The van der Waals surface area contributed by atoms with Gasteiger partial charge in [-0.2, -0.15) is 0 Å². The summed E-state index contributed by atoms with van der Waals surface area (Å²) < 4.78 is 30.8. The van der Waals surface area contributed by atoms with Crippen molar-refractivity contribution >= 4 is 28.3 Å². The van der Waals surface area contributed by atoms with E-state index < -0.39 is 22.0 Å². The summed E-state index contributed by atoms with van der Waals surface area (Å²) in [5.74, 6) is -0.392. The van der Waals surface area contributed by atoms with Crippen molar-refractivity contribution in [2.24, 2.45) is 0 Å². The molecule has 3 rings (SSSR count). The SMILES string of the molecule is CC(C)Oc1cc(-c2ccc(CCCNC[C@@H](O)c3ccccc3)cc2)ccc1C(=O)NS(C)(=O)=O.Cl. The normalized spacial score (nSPS) is 12.0. The molecule has 37 heavy (non-hydrogen) atoms. The lowest BCUT2D eigenvalue weighted by atomic mass is 10.00. The number of hydrogen-bond donors (Lipinski definition) is 3. The fourth-order valence-corrected chi connectivity index (χ4v) is 4.22. The van der Waals surface area contributed by atoms with Crippen molar-refractivity contribution in [3.05, 3.63) is 89.5 Å². The fraction of sp³-hybridized carbons (Fsp3) is 0.321. The van der Waals surface area contributed by atoms with Crippen LogP contribution in [0.5, 0.6) is 5.75 Å². The van der Waals surface area contributed by atoms with E-state index in [2.05, 4.69) is 17.4 Å². The van der Waals surface area contributed by atoms with Crippen LogP contribution < -0.4 is 14.8 Å². The van der Waals surface area contributed by atoms with Crippen LogP contribution in [0.2, 0.25) is 0 Å². The van der Waals surface area contributed by atoms with Gasteiger partial charge in [-0.25, -0.2) is 13.1 Å². The number of ether oxygens (including phenoxy) is 1. The summed E-state index contributed by atoms with van der Waals surface area (Å²) in [4.78, 5) is 12.4. The number of aryl methyl sites for hydroxylation is 1. The fourth-order valence-electron chi connectivity index (χ4n) is 3.78. The number of rotatable bonds is 12. The van der Waals surface area contributed by atoms with Gasteiger partial charge in [-0.15, -0.1) is 12.4 Å². The Labute approximate surface area is 225 Å².